The third-order valence-corrected chi connectivity index (χ3v) is 5.43. The van der Waals surface area contributed by atoms with Gasteiger partial charge in [-0.1, -0.05) is 18.2 Å². The number of aromatic nitrogens is 2. The predicted octanol–water partition coefficient (Wildman–Crippen LogP) is 3.98. The molecule has 0 bridgehead atoms. The van der Waals surface area contributed by atoms with Crippen LogP contribution in [-0.2, 0) is 12.7 Å². The normalized spacial score (nSPS) is 12.5. The van der Waals surface area contributed by atoms with Crippen LogP contribution >= 0.6 is 0 Å². The van der Waals surface area contributed by atoms with Crippen molar-refractivity contribution >= 4 is 16.8 Å². The van der Waals surface area contributed by atoms with E-state index in [1.807, 2.05) is 0 Å². The Hall–Kier alpha value is -4.03. The number of methoxy groups -OCH3 is 1. The molecule has 1 atom stereocenters. The molecule has 4 aromatic rings. The number of nitrogens with two attached hydrogens (primary N) is 1. The van der Waals surface area contributed by atoms with E-state index in [0.29, 0.717) is 0 Å². The van der Waals surface area contributed by atoms with Crippen LogP contribution in [0.3, 0.4) is 0 Å². The number of amides is 1. The number of aliphatic hydroxyl groups excluding tert-OH is 1. The minimum atomic E-state index is -4.67. The summed E-state index contributed by atoms with van der Waals surface area (Å²) in [6.45, 7) is -0.824. The summed E-state index contributed by atoms with van der Waals surface area (Å²) in [4.78, 5) is 20.9. The number of oxazole rings is 1. The van der Waals surface area contributed by atoms with E-state index >= 15 is 0 Å². The number of hydrogen-bond donors (Lipinski definition) is 3. The Balaban J connectivity index is 1.75. The highest BCUT2D eigenvalue weighted by molar-refractivity contribution is 5.98. The van der Waals surface area contributed by atoms with Gasteiger partial charge in [-0.2, -0.15) is 13.2 Å². The number of benzene rings is 2. The summed E-state index contributed by atoms with van der Waals surface area (Å²) in [5.41, 5.74) is 4.63. The fourth-order valence-corrected chi connectivity index (χ4v) is 3.69. The van der Waals surface area contributed by atoms with E-state index in [4.69, 9.17) is 14.9 Å². The number of alkyl halides is 3. The molecule has 2 heterocycles. The predicted molar refractivity (Wildman–Crippen MR) is 120 cm³/mol. The molecule has 1 amide bonds. The maximum absolute atomic E-state index is 14.2. The molecule has 2 aromatic carbocycles. The maximum atomic E-state index is 14.2. The monoisotopic (exact) mass is 504 g/mol. The quantitative estimate of drug-likeness (QED) is 0.325. The summed E-state index contributed by atoms with van der Waals surface area (Å²) in [5.74, 6) is -1.42. The first-order valence-corrected chi connectivity index (χ1v) is 10.6. The minimum Gasteiger partial charge on any atom is -0.494 e. The van der Waals surface area contributed by atoms with E-state index in [0.717, 1.165) is 6.07 Å². The molecule has 0 spiro atoms. The SMILES string of the molecule is COc1ccc(-c2nc(C(=O)NC(CO)c3ccccc3F)c(CN)o2)c2ccc(C(F)(F)F)nc12. The zero-order valence-corrected chi connectivity index (χ0v) is 18.8. The summed E-state index contributed by atoms with van der Waals surface area (Å²) < 4.78 is 64.6. The third-order valence-electron chi connectivity index (χ3n) is 5.43. The number of carbonyl (C=O) groups is 1. The lowest BCUT2D eigenvalue weighted by Gasteiger charge is -2.16. The number of nitrogens with one attached hydrogen (secondary N) is 1. The van der Waals surface area contributed by atoms with E-state index in [9.17, 15) is 27.5 Å². The van der Waals surface area contributed by atoms with Crippen molar-refractivity contribution < 1.29 is 36.6 Å². The standard InChI is InChI=1S/C24H20F4N4O4/c1-35-17-8-6-13(12-7-9-19(24(26,27)28)31-20(12)17)23-32-21(18(10-29)36-23)22(34)30-16(11-33)14-4-2-3-5-15(14)25/h2-9,16,33H,10-11,29H2,1H3,(H,30,34). The molecule has 0 fully saturated rings. The van der Waals surface area contributed by atoms with Crippen molar-refractivity contribution in [3.05, 3.63) is 77.1 Å². The molecule has 0 aliphatic heterocycles. The molecule has 188 valence electrons. The lowest BCUT2D eigenvalue weighted by atomic mass is 10.1. The van der Waals surface area contributed by atoms with Crippen molar-refractivity contribution in [1.82, 2.24) is 15.3 Å². The van der Waals surface area contributed by atoms with Crippen LogP contribution in [0, 0.1) is 5.82 Å². The molecule has 36 heavy (non-hydrogen) atoms. The Morgan fingerprint density at radius 1 is 1.17 bits per heavy atom. The van der Waals surface area contributed by atoms with Gasteiger partial charge in [-0.3, -0.25) is 4.79 Å². The van der Waals surface area contributed by atoms with Gasteiger partial charge in [-0.05, 0) is 30.3 Å². The molecule has 0 saturated carbocycles. The van der Waals surface area contributed by atoms with Crippen LogP contribution in [0.25, 0.3) is 22.4 Å². The van der Waals surface area contributed by atoms with E-state index < -0.39 is 36.2 Å². The summed E-state index contributed by atoms with van der Waals surface area (Å²) in [6, 6.07) is 9.47. The molecule has 0 aliphatic rings. The zero-order valence-electron chi connectivity index (χ0n) is 18.8. The highest BCUT2D eigenvalue weighted by Gasteiger charge is 2.33. The molecule has 2 aromatic heterocycles. The van der Waals surface area contributed by atoms with Gasteiger partial charge in [0.1, 0.15) is 22.8 Å². The number of nitrogens with zero attached hydrogens (tertiary/aromatic N) is 2. The zero-order chi connectivity index (χ0) is 26.0. The molecule has 4 N–H and O–H groups in total. The number of fused-ring (bicyclic) bond motifs is 1. The molecule has 0 aliphatic carbocycles. The lowest BCUT2D eigenvalue weighted by Crippen LogP contribution is -2.32. The number of rotatable bonds is 7. The van der Waals surface area contributed by atoms with Crippen molar-refractivity contribution in [3.8, 4) is 17.2 Å². The molecule has 0 radical (unpaired) electrons. The number of halogens is 4. The van der Waals surface area contributed by atoms with Crippen LogP contribution in [0.5, 0.6) is 5.75 Å². The second-order valence-corrected chi connectivity index (χ2v) is 7.63. The third kappa shape index (κ3) is 4.72. The first kappa shape index (κ1) is 25.1. The van der Waals surface area contributed by atoms with Crippen LogP contribution in [0.1, 0.15) is 33.5 Å². The second-order valence-electron chi connectivity index (χ2n) is 7.63. The number of aliphatic hydroxyl groups is 1. The highest BCUT2D eigenvalue weighted by Crippen LogP contribution is 2.37. The summed E-state index contributed by atoms with van der Waals surface area (Å²) in [7, 11) is 1.30. The largest absolute Gasteiger partial charge is 0.494 e. The van der Waals surface area contributed by atoms with Gasteiger partial charge in [0.2, 0.25) is 5.89 Å². The van der Waals surface area contributed by atoms with Crippen LogP contribution < -0.4 is 15.8 Å². The van der Waals surface area contributed by atoms with Crippen molar-refractivity contribution in [2.24, 2.45) is 5.73 Å². The van der Waals surface area contributed by atoms with Gasteiger partial charge in [-0.25, -0.2) is 14.4 Å². The second kappa shape index (κ2) is 9.91. The Bertz CT molecular complexity index is 1420. The average molecular weight is 504 g/mol. The molecule has 4 rings (SSSR count). The van der Waals surface area contributed by atoms with E-state index in [1.54, 1.807) is 6.07 Å². The smallest absolute Gasteiger partial charge is 0.433 e. The Labute approximate surface area is 201 Å². The summed E-state index contributed by atoms with van der Waals surface area (Å²) in [6.07, 6.45) is -4.67. The van der Waals surface area contributed by atoms with Crippen LogP contribution in [-0.4, -0.2) is 34.7 Å². The number of pyridine rings is 1. The average Bonchev–Trinajstić information content (AvgIpc) is 3.30. The lowest BCUT2D eigenvalue weighted by molar-refractivity contribution is -0.140. The minimum absolute atomic E-state index is 0.0171. The number of ether oxygens (including phenoxy) is 1. The molecule has 12 heteroatoms. The number of carbonyl (C=O) groups excluding carboxylic acids is 1. The highest BCUT2D eigenvalue weighted by atomic mass is 19.4. The molecule has 8 nitrogen and oxygen atoms in total. The molecule has 1 unspecified atom stereocenters. The van der Waals surface area contributed by atoms with Crippen molar-refractivity contribution in [2.45, 2.75) is 18.8 Å². The fraction of sp³-hybridized carbons (Fsp3) is 0.208. The Morgan fingerprint density at radius 3 is 2.56 bits per heavy atom. The van der Waals surface area contributed by atoms with Gasteiger partial charge in [0, 0.05) is 16.5 Å². The molecular weight excluding hydrogens is 484 g/mol. The first-order valence-electron chi connectivity index (χ1n) is 10.6. The fourth-order valence-electron chi connectivity index (χ4n) is 3.69. The summed E-state index contributed by atoms with van der Waals surface area (Å²) >= 11 is 0. The van der Waals surface area contributed by atoms with Gasteiger partial charge >= 0.3 is 6.18 Å². The topological polar surface area (TPSA) is 124 Å². The van der Waals surface area contributed by atoms with E-state index in [2.05, 4.69) is 15.3 Å². The van der Waals surface area contributed by atoms with Crippen LogP contribution in [0.4, 0.5) is 17.6 Å². The van der Waals surface area contributed by atoms with E-state index in [1.165, 1.54) is 43.5 Å². The van der Waals surface area contributed by atoms with Gasteiger partial charge in [0.15, 0.2) is 11.5 Å². The van der Waals surface area contributed by atoms with Crippen molar-refractivity contribution in [1.29, 1.82) is 0 Å². The first-order chi connectivity index (χ1) is 17.2. The Kier molecular flexibility index (Phi) is 6.91. The van der Waals surface area contributed by atoms with Crippen molar-refractivity contribution in [2.75, 3.05) is 13.7 Å². The molecular formula is C24H20F4N4O4. The van der Waals surface area contributed by atoms with Crippen molar-refractivity contribution in [3.63, 3.8) is 0 Å². The van der Waals surface area contributed by atoms with Gasteiger partial charge < -0.3 is 25.3 Å². The Morgan fingerprint density at radius 2 is 1.92 bits per heavy atom. The van der Waals surface area contributed by atoms with Gasteiger partial charge in [0.05, 0.1) is 26.3 Å². The summed E-state index contributed by atoms with van der Waals surface area (Å²) in [5, 5.41) is 12.4. The number of hydrogen-bond acceptors (Lipinski definition) is 7. The van der Waals surface area contributed by atoms with Crippen LogP contribution in [0.2, 0.25) is 0 Å². The van der Waals surface area contributed by atoms with Crippen LogP contribution in [0.15, 0.2) is 52.9 Å². The maximum Gasteiger partial charge on any atom is 0.433 e. The van der Waals surface area contributed by atoms with Gasteiger partial charge in [0.25, 0.3) is 5.91 Å². The molecule has 0 saturated heterocycles. The van der Waals surface area contributed by atoms with Gasteiger partial charge in [-0.15, -0.1) is 0 Å². The van der Waals surface area contributed by atoms with E-state index in [-0.39, 0.29) is 51.7 Å².